The second kappa shape index (κ2) is 4.52. The molecule has 0 saturated carbocycles. The number of fused-ring (bicyclic) bond motifs is 1. The molecule has 18 heavy (non-hydrogen) atoms. The van der Waals surface area contributed by atoms with E-state index in [2.05, 4.69) is 11.2 Å². The molecule has 4 heteroatoms. The molecule has 0 amide bonds. The summed E-state index contributed by atoms with van der Waals surface area (Å²) < 4.78 is 1.78. The highest BCUT2D eigenvalue weighted by molar-refractivity contribution is 7.12. The molecular formula is C14H18N2OS. The molecule has 0 radical (unpaired) electrons. The zero-order valence-corrected chi connectivity index (χ0v) is 11.6. The van der Waals surface area contributed by atoms with Crippen LogP contribution < -0.4 is 0 Å². The fourth-order valence-electron chi connectivity index (χ4n) is 2.73. The number of aromatic nitrogens is 2. The molecule has 0 spiro atoms. The van der Waals surface area contributed by atoms with Crippen molar-refractivity contribution in [3.8, 4) is 0 Å². The van der Waals surface area contributed by atoms with Crippen molar-refractivity contribution in [3.63, 3.8) is 0 Å². The summed E-state index contributed by atoms with van der Waals surface area (Å²) in [6.07, 6.45) is 6.19. The highest BCUT2D eigenvalue weighted by Gasteiger charge is 2.22. The lowest BCUT2D eigenvalue weighted by molar-refractivity contribution is 0.212. The lowest BCUT2D eigenvalue weighted by atomic mass is 9.98. The van der Waals surface area contributed by atoms with Crippen LogP contribution in [0.2, 0.25) is 0 Å². The van der Waals surface area contributed by atoms with Crippen molar-refractivity contribution < 1.29 is 5.11 Å². The van der Waals surface area contributed by atoms with E-state index in [1.54, 1.807) is 16.0 Å². The third kappa shape index (κ3) is 1.89. The highest BCUT2D eigenvalue weighted by atomic mass is 32.1. The maximum absolute atomic E-state index is 10.5. The number of aliphatic hydroxyl groups excluding tert-OH is 1. The standard InChI is InChI=1S/C14H18N2OS/c1-9-8-15-16(2)13(9)14(17)12-7-10-5-3-4-6-11(10)18-12/h7-8,14,17H,3-6H2,1-2H3. The van der Waals surface area contributed by atoms with Gasteiger partial charge < -0.3 is 5.11 Å². The molecule has 2 aromatic rings. The Labute approximate surface area is 111 Å². The Morgan fingerprint density at radius 3 is 2.83 bits per heavy atom. The van der Waals surface area contributed by atoms with Gasteiger partial charge in [0.1, 0.15) is 6.10 Å². The van der Waals surface area contributed by atoms with E-state index >= 15 is 0 Å². The van der Waals surface area contributed by atoms with E-state index in [0.29, 0.717) is 0 Å². The molecule has 0 bridgehead atoms. The van der Waals surface area contributed by atoms with E-state index in [-0.39, 0.29) is 0 Å². The first kappa shape index (κ1) is 11.9. The minimum absolute atomic E-state index is 0.534. The smallest absolute Gasteiger partial charge is 0.130 e. The summed E-state index contributed by atoms with van der Waals surface area (Å²) in [6.45, 7) is 2.00. The van der Waals surface area contributed by atoms with Crippen LogP contribution in [0.25, 0.3) is 0 Å². The van der Waals surface area contributed by atoms with Crippen LogP contribution in [-0.4, -0.2) is 14.9 Å². The normalized spacial score (nSPS) is 16.6. The fraction of sp³-hybridized carbons (Fsp3) is 0.500. The fourth-order valence-corrected chi connectivity index (χ4v) is 3.98. The first-order valence-electron chi connectivity index (χ1n) is 6.45. The summed E-state index contributed by atoms with van der Waals surface area (Å²) in [5.74, 6) is 0. The number of aliphatic hydroxyl groups is 1. The van der Waals surface area contributed by atoms with Gasteiger partial charge in [0.2, 0.25) is 0 Å². The number of hydrogen-bond donors (Lipinski definition) is 1. The van der Waals surface area contributed by atoms with E-state index in [0.717, 1.165) is 16.1 Å². The largest absolute Gasteiger partial charge is 0.381 e. The van der Waals surface area contributed by atoms with E-state index in [1.807, 2.05) is 20.2 Å². The van der Waals surface area contributed by atoms with E-state index in [4.69, 9.17) is 0 Å². The van der Waals surface area contributed by atoms with Crippen molar-refractivity contribution in [1.82, 2.24) is 9.78 Å². The van der Waals surface area contributed by atoms with Crippen molar-refractivity contribution >= 4 is 11.3 Å². The minimum Gasteiger partial charge on any atom is -0.381 e. The summed E-state index contributed by atoms with van der Waals surface area (Å²) in [4.78, 5) is 2.53. The van der Waals surface area contributed by atoms with Gasteiger partial charge in [0.25, 0.3) is 0 Å². The van der Waals surface area contributed by atoms with E-state index < -0.39 is 6.10 Å². The topological polar surface area (TPSA) is 38.0 Å². The highest BCUT2D eigenvalue weighted by Crippen LogP contribution is 2.35. The van der Waals surface area contributed by atoms with Crippen molar-refractivity contribution in [2.24, 2.45) is 7.05 Å². The van der Waals surface area contributed by atoms with Crippen LogP contribution in [0.15, 0.2) is 12.3 Å². The maximum atomic E-state index is 10.5. The molecule has 1 aliphatic rings. The Bertz CT molecular complexity index is 527. The Kier molecular flexibility index (Phi) is 2.99. The van der Waals surface area contributed by atoms with Gasteiger partial charge in [-0.1, -0.05) is 0 Å². The van der Waals surface area contributed by atoms with E-state index in [1.165, 1.54) is 36.1 Å². The molecule has 3 nitrogen and oxygen atoms in total. The van der Waals surface area contributed by atoms with Crippen molar-refractivity contribution in [2.45, 2.75) is 38.7 Å². The summed E-state index contributed by atoms with van der Waals surface area (Å²) >= 11 is 1.77. The monoisotopic (exact) mass is 262 g/mol. The third-order valence-corrected chi connectivity index (χ3v) is 5.01. The van der Waals surface area contributed by atoms with Crippen LogP contribution in [0.4, 0.5) is 0 Å². The first-order valence-corrected chi connectivity index (χ1v) is 7.26. The van der Waals surface area contributed by atoms with Crippen molar-refractivity contribution in [3.05, 3.63) is 38.8 Å². The molecule has 96 valence electrons. The summed E-state index contributed by atoms with van der Waals surface area (Å²) in [5, 5.41) is 14.7. The molecule has 0 aliphatic heterocycles. The molecule has 1 unspecified atom stereocenters. The number of aryl methyl sites for hydroxylation is 4. The van der Waals surface area contributed by atoms with Gasteiger partial charge in [0, 0.05) is 16.8 Å². The molecule has 0 fully saturated rings. The molecule has 0 aromatic carbocycles. The molecule has 2 aromatic heterocycles. The van der Waals surface area contributed by atoms with Gasteiger partial charge in [0.15, 0.2) is 0 Å². The van der Waals surface area contributed by atoms with Crippen LogP contribution in [-0.2, 0) is 19.9 Å². The first-order chi connectivity index (χ1) is 8.66. The van der Waals surface area contributed by atoms with Gasteiger partial charge in [0.05, 0.1) is 11.9 Å². The van der Waals surface area contributed by atoms with Crippen LogP contribution in [0.3, 0.4) is 0 Å². The molecule has 1 N–H and O–H groups in total. The van der Waals surface area contributed by atoms with Crippen molar-refractivity contribution in [2.75, 3.05) is 0 Å². The van der Waals surface area contributed by atoms with Gasteiger partial charge in [-0.3, -0.25) is 4.68 Å². The van der Waals surface area contributed by atoms with Gasteiger partial charge in [-0.05, 0) is 49.8 Å². The Balaban J connectivity index is 1.97. The Morgan fingerprint density at radius 1 is 1.39 bits per heavy atom. The van der Waals surface area contributed by atoms with Gasteiger partial charge >= 0.3 is 0 Å². The maximum Gasteiger partial charge on any atom is 0.130 e. The van der Waals surface area contributed by atoms with Gasteiger partial charge in [-0.15, -0.1) is 11.3 Å². The quantitative estimate of drug-likeness (QED) is 0.903. The lowest BCUT2D eigenvalue weighted by Crippen LogP contribution is -2.06. The van der Waals surface area contributed by atoms with Crippen LogP contribution in [0.5, 0.6) is 0 Å². The minimum atomic E-state index is -0.534. The number of hydrogen-bond acceptors (Lipinski definition) is 3. The van der Waals surface area contributed by atoms with Crippen molar-refractivity contribution in [1.29, 1.82) is 0 Å². The predicted molar refractivity (Wildman–Crippen MR) is 73.0 cm³/mol. The van der Waals surface area contributed by atoms with Crippen LogP contribution in [0.1, 0.15) is 45.5 Å². The lowest BCUT2D eigenvalue weighted by Gasteiger charge is -2.10. The third-order valence-electron chi connectivity index (χ3n) is 3.72. The Hall–Kier alpha value is -1.13. The summed E-state index contributed by atoms with van der Waals surface area (Å²) in [7, 11) is 1.89. The molecule has 0 saturated heterocycles. The summed E-state index contributed by atoms with van der Waals surface area (Å²) in [6, 6.07) is 2.19. The average molecular weight is 262 g/mol. The summed E-state index contributed by atoms with van der Waals surface area (Å²) in [5.41, 5.74) is 3.41. The second-order valence-electron chi connectivity index (χ2n) is 5.04. The number of rotatable bonds is 2. The number of nitrogens with zero attached hydrogens (tertiary/aromatic N) is 2. The molecule has 2 heterocycles. The Morgan fingerprint density at radius 2 is 2.17 bits per heavy atom. The SMILES string of the molecule is Cc1cnn(C)c1C(O)c1cc2c(s1)CCCC2. The zero-order valence-electron chi connectivity index (χ0n) is 10.8. The predicted octanol–water partition coefficient (Wildman–Crippen LogP) is 2.75. The van der Waals surface area contributed by atoms with Crippen LogP contribution >= 0.6 is 11.3 Å². The molecular weight excluding hydrogens is 244 g/mol. The average Bonchev–Trinajstić information content (AvgIpc) is 2.92. The van der Waals surface area contributed by atoms with Gasteiger partial charge in [-0.25, -0.2) is 0 Å². The molecule has 1 atom stereocenters. The van der Waals surface area contributed by atoms with Gasteiger partial charge in [-0.2, -0.15) is 5.10 Å². The second-order valence-corrected chi connectivity index (χ2v) is 6.21. The molecule has 3 rings (SSSR count). The molecule has 1 aliphatic carbocycles. The zero-order chi connectivity index (χ0) is 12.7. The van der Waals surface area contributed by atoms with Crippen LogP contribution in [0, 0.1) is 6.92 Å². The van der Waals surface area contributed by atoms with E-state index in [9.17, 15) is 5.11 Å². The number of thiophene rings is 1.